The summed E-state index contributed by atoms with van der Waals surface area (Å²) in [5.74, 6) is 0.218. The highest BCUT2D eigenvalue weighted by Crippen LogP contribution is 2.37. The summed E-state index contributed by atoms with van der Waals surface area (Å²) in [5.41, 5.74) is 2.83. The molecule has 0 radical (unpaired) electrons. The molecular weight excluding hydrogens is 358 g/mol. The molecule has 4 heteroatoms. The molecule has 0 unspecified atom stereocenters. The number of hydrogen-bond acceptors (Lipinski definition) is 3. The van der Waals surface area contributed by atoms with Crippen LogP contribution in [-0.4, -0.2) is 25.7 Å². The second-order valence-corrected chi connectivity index (χ2v) is 7.98. The van der Waals surface area contributed by atoms with Crippen molar-refractivity contribution >= 4 is 28.9 Å². The van der Waals surface area contributed by atoms with Crippen LogP contribution in [0.5, 0.6) is 0 Å². The molecule has 3 rings (SSSR count). The highest BCUT2D eigenvalue weighted by atomic mass is 35.5. The van der Waals surface area contributed by atoms with E-state index in [0.717, 1.165) is 30.5 Å². The average molecular weight is 384 g/mol. The molecule has 142 valence electrons. The van der Waals surface area contributed by atoms with Gasteiger partial charge in [-0.2, -0.15) is 0 Å². The predicted molar refractivity (Wildman–Crippen MR) is 111 cm³/mol. The number of Topliss-reactive ketones (excluding diaryl/α,β-unsaturated/α-hetero) is 2. The Morgan fingerprint density at radius 3 is 2.33 bits per heavy atom. The van der Waals surface area contributed by atoms with Gasteiger partial charge in [-0.3, -0.25) is 9.59 Å². The first-order valence-corrected chi connectivity index (χ1v) is 9.92. The molecular formula is C23H26ClNO2. The zero-order valence-electron chi connectivity index (χ0n) is 16.0. The van der Waals surface area contributed by atoms with Crippen LogP contribution in [0.25, 0.3) is 0 Å². The number of anilines is 1. The van der Waals surface area contributed by atoms with Crippen LogP contribution in [0.3, 0.4) is 0 Å². The summed E-state index contributed by atoms with van der Waals surface area (Å²) in [6.07, 6.45) is 3.86. The molecule has 0 bridgehead atoms. The van der Waals surface area contributed by atoms with Gasteiger partial charge in [-0.15, -0.1) is 0 Å². The summed E-state index contributed by atoms with van der Waals surface area (Å²) >= 11 is 5.94. The first-order valence-electron chi connectivity index (χ1n) is 9.54. The third-order valence-corrected chi connectivity index (χ3v) is 5.75. The molecule has 2 atom stereocenters. The molecule has 0 spiro atoms. The van der Waals surface area contributed by atoms with Gasteiger partial charge >= 0.3 is 0 Å². The van der Waals surface area contributed by atoms with E-state index in [2.05, 4.69) is 24.3 Å². The van der Waals surface area contributed by atoms with Crippen molar-refractivity contribution in [1.29, 1.82) is 0 Å². The van der Waals surface area contributed by atoms with Crippen molar-refractivity contribution in [3.63, 3.8) is 0 Å². The largest absolute Gasteiger partial charge is 0.378 e. The molecule has 3 nitrogen and oxygen atoms in total. The summed E-state index contributed by atoms with van der Waals surface area (Å²) in [7, 11) is 4.00. The van der Waals surface area contributed by atoms with Gasteiger partial charge in [0.2, 0.25) is 0 Å². The minimum absolute atomic E-state index is 0.0618. The second-order valence-electron chi connectivity index (χ2n) is 7.55. The maximum absolute atomic E-state index is 12.9. The van der Waals surface area contributed by atoms with E-state index in [4.69, 9.17) is 11.6 Å². The Bertz CT molecular complexity index is 796. The van der Waals surface area contributed by atoms with E-state index in [-0.39, 0.29) is 17.6 Å². The van der Waals surface area contributed by atoms with Gasteiger partial charge in [-0.05, 0) is 54.8 Å². The molecule has 2 aromatic carbocycles. The molecule has 0 heterocycles. The number of rotatable bonds is 6. The summed E-state index contributed by atoms with van der Waals surface area (Å²) in [6.45, 7) is 0. The third kappa shape index (κ3) is 4.78. The Morgan fingerprint density at radius 1 is 1.07 bits per heavy atom. The minimum atomic E-state index is -0.0720. The molecule has 0 aromatic heterocycles. The Hall–Kier alpha value is -2.13. The lowest BCUT2D eigenvalue weighted by atomic mass is 9.73. The monoisotopic (exact) mass is 383 g/mol. The topological polar surface area (TPSA) is 37.4 Å². The van der Waals surface area contributed by atoms with Crippen LogP contribution >= 0.6 is 11.6 Å². The van der Waals surface area contributed by atoms with E-state index in [1.54, 1.807) is 24.3 Å². The van der Waals surface area contributed by atoms with Gasteiger partial charge in [0, 0.05) is 55.0 Å². The maximum atomic E-state index is 12.9. The van der Waals surface area contributed by atoms with Gasteiger partial charge in [0.1, 0.15) is 5.78 Å². The SMILES string of the molecule is CN(C)c1ccc([C@@H](CC(=O)c2ccc(Cl)cc2)[C@@H]2CCCCC2=O)cc1. The quantitative estimate of drug-likeness (QED) is 0.616. The van der Waals surface area contributed by atoms with Gasteiger partial charge in [-0.1, -0.05) is 30.2 Å². The number of hydrogen-bond donors (Lipinski definition) is 0. The number of ketones is 2. The Morgan fingerprint density at radius 2 is 1.74 bits per heavy atom. The van der Waals surface area contributed by atoms with E-state index in [1.807, 2.05) is 19.0 Å². The fourth-order valence-electron chi connectivity index (χ4n) is 3.90. The normalized spacial score (nSPS) is 18.2. The Kier molecular flexibility index (Phi) is 6.33. The summed E-state index contributed by atoms with van der Waals surface area (Å²) in [6, 6.07) is 15.3. The molecule has 1 saturated carbocycles. The summed E-state index contributed by atoms with van der Waals surface area (Å²) in [5, 5.41) is 0.616. The Labute approximate surface area is 166 Å². The van der Waals surface area contributed by atoms with Crippen molar-refractivity contribution < 1.29 is 9.59 Å². The smallest absolute Gasteiger partial charge is 0.163 e. The lowest BCUT2D eigenvalue weighted by molar-refractivity contribution is -0.125. The van der Waals surface area contributed by atoms with Crippen molar-refractivity contribution in [2.45, 2.75) is 38.0 Å². The van der Waals surface area contributed by atoms with Crippen LogP contribution in [0.1, 0.15) is 53.9 Å². The van der Waals surface area contributed by atoms with Crippen LogP contribution in [0.15, 0.2) is 48.5 Å². The van der Waals surface area contributed by atoms with Crippen LogP contribution in [0, 0.1) is 5.92 Å². The first kappa shape index (κ1) is 19.6. The molecule has 1 fully saturated rings. The average Bonchev–Trinajstić information content (AvgIpc) is 2.67. The van der Waals surface area contributed by atoms with E-state index in [0.29, 0.717) is 29.2 Å². The number of carbonyl (C=O) groups excluding carboxylic acids is 2. The van der Waals surface area contributed by atoms with Gasteiger partial charge < -0.3 is 4.90 Å². The first-order chi connectivity index (χ1) is 13.0. The predicted octanol–water partition coefficient (Wildman–Crippen LogP) is 5.52. The molecule has 0 N–H and O–H groups in total. The minimum Gasteiger partial charge on any atom is -0.378 e. The van der Waals surface area contributed by atoms with Crippen LogP contribution < -0.4 is 4.90 Å². The summed E-state index contributed by atoms with van der Waals surface area (Å²) in [4.78, 5) is 27.6. The highest BCUT2D eigenvalue weighted by molar-refractivity contribution is 6.30. The maximum Gasteiger partial charge on any atom is 0.163 e. The van der Waals surface area contributed by atoms with Gasteiger partial charge in [-0.25, -0.2) is 0 Å². The molecule has 1 aliphatic rings. The number of carbonyl (C=O) groups is 2. The fourth-order valence-corrected chi connectivity index (χ4v) is 4.03. The van der Waals surface area contributed by atoms with E-state index < -0.39 is 0 Å². The van der Waals surface area contributed by atoms with Crippen molar-refractivity contribution in [1.82, 2.24) is 0 Å². The molecule has 27 heavy (non-hydrogen) atoms. The summed E-state index contributed by atoms with van der Waals surface area (Å²) < 4.78 is 0. The number of nitrogens with zero attached hydrogens (tertiary/aromatic N) is 1. The van der Waals surface area contributed by atoms with E-state index >= 15 is 0 Å². The highest BCUT2D eigenvalue weighted by Gasteiger charge is 2.33. The third-order valence-electron chi connectivity index (χ3n) is 5.50. The molecule has 2 aromatic rings. The van der Waals surface area contributed by atoms with E-state index in [9.17, 15) is 9.59 Å². The van der Waals surface area contributed by atoms with Crippen LogP contribution in [0.2, 0.25) is 5.02 Å². The van der Waals surface area contributed by atoms with Crippen LogP contribution in [-0.2, 0) is 4.79 Å². The zero-order chi connectivity index (χ0) is 19.4. The van der Waals surface area contributed by atoms with Crippen molar-refractivity contribution in [3.05, 3.63) is 64.7 Å². The molecule has 0 aliphatic heterocycles. The second kappa shape index (κ2) is 8.71. The van der Waals surface area contributed by atoms with Crippen molar-refractivity contribution in [3.8, 4) is 0 Å². The van der Waals surface area contributed by atoms with Crippen molar-refractivity contribution in [2.24, 2.45) is 5.92 Å². The Balaban J connectivity index is 1.88. The number of halogens is 1. The van der Waals surface area contributed by atoms with Gasteiger partial charge in [0.25, 0.3) is 0 Å². The number of benzene rings is 2. The molecule has 0 saturated heterocycles. The fraction of sp³-hybridized carbons (Fsp3) is 0.391. The molecule has 0 amide bonds. The van der Waals surface area contributed by atoms with Crippen molar-refractivity contribution in [2.75, 3.05) is 19.0 Å². The van der Waals surface area contributed by atoms with Gasteiger partial charge in [0.05, 0.1) is 0 Å². The van der Waals surface area contributed by atoms with Crippen LogP contribution in [0.4, 0.5) is 5.69 Å². The zero-order valence-corrected chi connectivity index (χ0v) is 16.7. The van der Waals surface area contributed by atoms with E-state index in [1.165, 1.54) is 0 Å². The lowest BCUT2D eigenvalue weighted by Gasteiger charge is -2.29. The van der Waals surface area contributed by atoms with Gasteiger partial charge in [0.15, 0.2) is 5.78 Å². The molecule has 1 aliphatic carbocycles. The lowest BCUT2D eigenvalue weighted by Crippen LogP contribution is -2.27. The standard InChI is InChI=1S/C23H26ClNO2/c1-25(2)19-13-9-16(10-14-19)21(20-5-3-4-6-22(20)26)15-23(27)17-7-11-18(24)12-8-17/h7-14,20-21H,3-6,15H2,1-2H3/t20-,21+/m0/s1.